The predicted octanol–water partition coefficient (Wildman–Crippen LogP) is 3.61. The molecule has 0 aliphatic heterocycles. The van der Waals surface area contributed by atoms with E-state index in [1.165, 1.54) is 11.8 Å². The van der Waals surface area contributed by atoms with Crippen molar-refractivity contribution in [3.8, 4) is 6.07 Å². The lowest BCUT2D eigenvalue weighted by molar-refractivity contribution is -0.113. The molecule has 2 aromatic carbocycles. The first-order valence-corrected chi connectivity index (χ1v) is 8.91. The van der Waals surface area contributed by atoms with Crippen molar-refractivity contribution < 1.29 is 14.3 Å². The first-order chi connectivity index (χ1) is 12.1. The SMILES string of the molecule is CCOC(=O)c1ccc(NC(=O)CSCc2cccc(C#N)c2)cc1. The molecule has 1 N–H and O–H groups in total. The third kappa shape index (κ3) is 5.98. The monoisotopic (exact) mass is 354 g/mol. The zero-order chi connectivity index (χ0) is 18.1. The number of nitrogens with zero attached hydrogens (tertiary/aromatic N) is 1. The van der Waals surface area contributed by atoms with E-state index in [4.69, 9.17) is 10.00 Å². The molecule has 0 aliphatic rings. The lowest BCUT2D eigenvalue weighted by atomic mass is 10.2. The van der Waals surface area contributed by atoms with Gasteiger partial charge in [-0.2, -0.15) is 5.26 Å². The van der Waals surface area contributed by atoms with Gasteiger partial charge in [0, 0.05) is 11.4 Å². The number of amides is 1. The smallest absolute Gasteiger partial charge is 0.338 e. The number of carbonyl (C=O) groups excluding carboxylic acids is 2. The summed E-state index contributed by atoms with van der Waals surface area (Å²) in [4.78, 5) is 23.5. The van der Waals surface area contributed by atoms with Crippen molar-refractivity contribution in [3.63, 3.8) is 0 Å². The number of rotatable bonds is 7. The summed E-state index contributed by atoms with van der Waals surface area (Å²) < 4.78 is 4.91. The Kier molecular flexibility index (Phi) is 7.05. The standard InChI is InChI=1S/C19H18N2O3S/c1-2-24-19(23)16-6-8-17(9-7-16)21-18(22)13-25-12-15-5-3-4-14(10-15)11-20/h3-10H,2,12-13H2,1H3,(H,21,22). The van der Waals surface area contributed by atoms with Gasteiger partial charge in [0.15, 0.2) is 0 Å². The maximum atomic E-state index is 12.0. The molecule has 6 heteroatoms. The van der Waals surface area contributed by atoms with E-state index < -0.39 is 0 Å². The van der Waals surface area contributed by atoms with E-state index in [0.29, 0.717) is 34.9 Å². The Morgan fingerprint density at radius 3 is 2.64 bits per heavy atom. The van der Waals surface area contributed by atoms with Crippen LogP contribution in [0.1, 0.15) is 28.4 Å². The molecule has 0 saturated carbocycles. The van der Waals surface area contributed by atoms with Crippen LogP contribution in [0.3, 0.4) is 0 Å². The van der Waals surface area contributed by atoms with Crippen molar-refractivity contribution in [1.29, 1.82) is 5.26 Å². The maximum Gasteiger partial charge on any atom is 0.338 e. The van der Waals surface area contributed by atoms with Crippen LogP contribution in [0.5, 0.6) is 0 Å². The molecule has 0 radical (unpaired) electrons. The molecule has 0 atom stereocenters. The zero-order valence-corrected chi connectivity index (χ0v) is 14.6. The first-order valence-electron chi connectivity index (χ1n) is 7.76. The van der Waals surface area contributed by atoms with Crippen LogP contribution in [0, 0.1) is 11.3 Å². The highest BCUT2D eigenvalue weighted by molar-refractivity contribution is 7.99. The Hall–Kier alpha value is -2.78. The molecular formula is C19H18N2O3S. The highest BCUT2D eigenvalue weighted by Gasteiger charge is 2.07. The van der Waals surface area contributed by atoms with Crippen LogP contribution in [0.4, 0.5) is 5.69 Å². The van der Waals surface area contributed by atoms with Crippen LogP contribution in [-0.4, -0.2) is 24.2 Å². The molecular weight excluding hydrogens is 336 g/mol. The van der Waals surface area contributed by atoms with Gasteiger partial charge in [-0.1, -0.05) is 12.1 Å². The summed E-state index contributed by atoms with van der Waals surface area (Å²) >= 11 is 1.47. The average Bonchev–Trinajstić information content (AvgIpc) is 2.62. The first kappa shape index (κ1) is 18.6. The van der Waals surface area contributed by atoms with Gasteiger partial charge < -0.3 is 10.1 Å². The largest absolute Gasteiger partial charge is 0.462 e. The minimum Gasteiger partial charge on any atom is -0.462 e. The molecule has 0 spiro atoms. The van der Waals surface area contributed by atoms with Crippen molar-refractivity contribution in [2.75, 3.05) is 17.7 Å². The summed E-state index contributed by atoms with van der Waals surface area (Å²) in [5.74, 6) is 0.460. The molecule has 128 valence electrons. The van der Waals surface area contributed by atoms with Crippen LogP contribution in [-0.2, 0) is 15.3 Å². The number of hydrogen-bond acceptors (Lipinski definition) is 5. The zero-order valence-electron chi connectivity index (χ0n) is 13.8. The molecule has 2 aromatic rings. The second kappa shape index (κ2) is 9.50. The second-order valence-corrected chi connectivity index (χ2v) is 6.14. The normalized spacial score (nSPS) is 9.92. The van der Waals surface area contributed by atoms with Crippen molar-refractivity contribution in [1.82, 2.24) is 0 Å². The minimum absolute atomic E-state index is 0.120. The molecule has 1 amide bonds. The van der Waals surface area contributed by atoms with Gasteiger partial charge in [0.25, 0.3) is 0 Å². The fourth-order valence-electron chi connectivity index (χ4n) is 2.09. The Balaban J connectivity index is 1.80. The van der Waals surface area contributed by atoms with Gasteiger partial charge in [0.1, 0.15) is 0 Å². The third-order valence-corrected chi connectivity index (χ3v) is 4.24. The van der Waals surface area contributed by atoms with E-state index in [2.05, 4.69) is 11.4 Å². The van der Waals surface area contributed by atoms with E-state index in [-0.39, 0.29) is 11.9 Å². The summed E-state index contributed by atoms with van der Waals surface area (Å²) in [7, 11) is 0. The highest BCUT2D eigenvalue weighted by Crippen LogP contribution is 2.15. The summed E-state index contributed by atoms with van der Waals surface area (Å²) in [6, 6.07) is 16.0. The topological polar surface area (TPSA) is 79.2 Å². The van der Waals surface area contributed by atoms with Gasteiger partial charge in [-0.25, -0.2) is 4.79 Å². The van der Waals surface area contributed by atoms with E-state index in [1.807, 2.05) is 18.2 Å². The van der Waals surface area contributed by atoms with Crippen LogP contribution in [0.15, 0.2) is 48.5 Å². The number of nitrogens with one attached hydrogen (secondary N) is 1. The Bertz CT molecular complexity index is 782. The molecule has 5 nitrogen and oxygen atoms in total. The number of carbonyl (C=O) groups is 2. The van der Waals surface area contributed by atoms with Crippen LogP contribution < -0.4 is 5.32 Å². The van der Waals surface area contributed by atoms with Gasteiger partial charge in [-0.05, 0) is 48.9 Å². The van der Waals surface area contributed by atoms with Crippen molar-refractivity contribution in [2.45, 2.75) is 12.7 Å². The second-order valence-electron chi connectivity index (χ2n) is 5.15. The molecule has 0 heterocycles. The summed E-state index contributed by atoms with van der Waals surface area (Å²) in [5.41, 5.74) is 2.71. The Morgan fingerprint density at radius 1 is 1.20 bits per heavy atom. The number of esters is 1. The average molecular weight is 354 g/mol. The maximum absolute atomic E-state index is 12.0. The number of anilines is 1. The minimum atomic E-state index is -0.379. The third-order valence-electron chi connectivity index (χ3n) is 3.24. The Morgan fingerprint density at radius 2 is 1.96 bits per heavy atom. The molecule has 0 aromatic heterocycles. The summed E-state index contributed by atoms with van der Waals surface area (Å²) in [6.07, 6.45) is 0. The van der Waals surface area contributed by atoms with Crippen molar-refractivity contribution in [2.24, 2.45) is 0 Å². The summed E-state index contributed by atoms with van der Waals surface area (Å²) in [6.45, 7) is 2.08. The van der Waals surface area contributed by atoms with E-state index in [9.17, 15) is 9.59 Å². The van der Waals surface area contributed by atoms with Crippen LogP contribution in [0.25, 0.3) is 0 Å². The highest BCUT2D eigenvalue weighted by atomic mass is 32.2. The summed E-state index contributed by atoms with van der Waals surface area (Å²) in [5, 5.41) is 11.7. The lowest BCUT2D eigenvalue weighted by Crippen LogP contribution is -2.14. The number of ether oxygens (including phenoxy) is 1. The lowest BCUT2D eigenvalue weighted by Gasteiger charge is -2.07. The van der Waals surface area contributed by atoms with Gasteiger partial charge in [0.05, 0.1) is 29.6 Å². The number of thioether (sulfide) groups is 1. The molecule has 0 aliphatic carbocycles. The molecule has 0 unspecified atom stereocenters. The molecule has 0 fully saturated rings. The number of hydrogen-bond donors (Lipinski definition) is 1. The van der Waals surface area contributed by atoms with Gasteiger partial charge in [0.2, 0.25) is 5.91 Å². The van der Waals surface area contributed by atoms with E-state index >= 15 is 0 Å². The van der Waals surface area contributed by atoms with Gasteiger partial charge >= 0.3 is 5.97 Å². The van der Waals surface area contributed by atoms with E-state index in [1.54, 1.807) is 37.3 Å². The predicted molar refractivity (Wildman–Crippen MR) is 98.3 cm³/mol. The molecule has 25 heavy (non-hydrogen) atoms. The quantitative estimate of drug-likeness (QED) is 0.769. The number of nitriles is 1. The molecule has 0 saturated heterocycles. The van der Waals surface area contributed by atoms with Gasteiger partial charge in [-0.15, -0.1) is 11.8 Å². The molecule has 2 rings (SSSR count). The van der Waals surface area contributed by atoms with Crippen molar-refractivity contribution >= 4 is 29.3 Å². The number of benzene rings is 2. The molecule has 0 bridgehead atoms. The van der Waals surface area contributed by atoms with E-state index in [0.717, 1.165) is 5.56 Å². The van der Waals surface area contributed by atoms with Crippen LogP contribution >= 0.6 is 11.8 Å². The fourth-order valence-corrected chi connectivity index (χ4v) is 2.87. The van der Waals surface area contributed by atoms with Crippen LogP contribution in [0.2, 0.25) is 0 Å². The van der Waals surface area contributed by atoms with Crippen molar-refractivity contribution in [3.05, 3.63) is 65.2 Å². The fraction of sp³-hybridized carbons (Fsp3) is 0.211. The Labute approximate surface area is 151 Å². The van der Waals surface area contributed by atoms with Gasteiger partial charge in [-0.3, -0.25) is 4.79 Å².